The summed E-state index contributed by atoms with van der Waals surface area (Å²) in [5.74, 6) is 0.331. The molecule has 1 aromatic carbocycles. The number of hydrogen-bond donors (Lipinski definition) is 0. The van der Waals surface area contributed by atoms with Crippen LogP contribution in [0.1, 0.15) is 31.7 Å². The van der Waals surface area contributed by atoms with Crippen LogP contribution >= 0.6 is 0 Å². The summed E-state index contributed by atoms with van der Waals surface area (Å²) >= 11 is 0. The minimum Gasteiger partial charge on any atom is -0.370 e. The zero-order chi connectivity index (χ0) is 19.2. The highest BCUT2D eigenvalue weighted by Crippen LogP contribution is 2.23. The molecule has 0 radical (unpaired) electrons. The Morgan fingerprint density at radius 2 is 1.93 bits per heavy atom. The highest BCUT2D eigenvalue weighted by Gasteiger charge is 2.27. The van der Waals surface area contributed by atoms with Crippen molar-refractivity contribution < 1.29 is 4.79 Å². The summed E-state index contributed by atoms with van der Waals surface area (Å²) in [6.07, 6.45) is 4.38. The Morgan fingerprint density at radius 1 is 1.22 bits per heavy atom. The SMILES string of the molecule is CCCN(C)C(=O)C1CCN(c2cnn(Cc3ccccc3)c(=O)c2)CC1. The molecule has 6 nitrogen and oxygen atoms in total. The second-order valence-electron chi connectivity index (χ2n) is 7.22. The molecule has 0 unspecified atom stereocenters. The quantitative estimate of drug-likeness (QED) is 0.785. The predicted molar refractivity (Wildman–Crippen MR) is 107 cm³/mol. The Hall–Kier alpha value is -2.63. The van der Waals surface area contributed by atoms with E-state index < -0.39 is 0 Å². The average Bonchev–Trinajstić information content (AvgIpc) is 2.70. The molecule has 2 aromatic rings. The van der Waals surface area contributed by atoms with Crippen LogP contribution in [0.5, 0.6) is 0 Å². The van der Waals surface area contributed by atoms with E-state index in [1.807, 2.05) is 42.3 Å². The van der Waals surface area contributed by atoms with Gasteiger partial charge in [-0.3, -0.25) is 9.59 Å². The van der Waals surface area contributed by atoms with Gasteiger partial charge in [0.1, 0.15) is 0 Å². The van der Waals surface area contributed by atoms with Crippen molar-refractivity contribution in [2.45, 2.75) is 32.7 Å². The molecule has 0 atom stereocenters. The van der Waals surface area contributed by atoms with E-state index in [4.69, 9.17) is 0 Å². The van der Waals surface area contributed by atoms with Crippen molar-refractivity contribution in [2.24, 2.45) is 5.92 Å². The lowest BCUT2D eigenvalue weighted by Gasteiger charge is -2.34. The van der Waals surface area contributed by atoms with Crippen LogP contribution in [0.25, 0.3) is 0 Å². The van der Waals surface area contributed by atoms with E-state index in [1.165, 1.54) is 4.68 Å². The summed E-state index contributed by atoms with van der Waals surface area (Å²) in [7, 11) is 1.88. The van der Waals surface area contributed by atoms with Gasteiger partial charge in [-0.25, -0.2) is 4.68 Å². The highest BCUT2D eigenvalue weighted by molar-refractivity contribution is 5.78. The van der Waals surface area contributed by atoms with E-state index in [0.29, 0.717) is 6.54 Å². The van der Waals surface area contributed by atoms with Crippen molar-refractivity contribution in [2.75, 3.05) is 31.6 Å². The van der Waals surface area contributed by atoms with Gasteiger partial charge in [-0.15, -0.1) is 0 Å². The molecule has 0 bridgehead atoms. The van der Waals surface area contributed by atoms with Crippen LogP contribution < -0.4 is 10.5 Å². The smallest absolute Gasteiger partial charge is 0.269 e. The van der Waals surface area contributed by atoms with Crippen LogP contribution in [-0.2, 0) is 11.3 Å². The largest absolute Gasteiger partial charge is 0.370 e. The van der Waals surface area contributed by atoms with E-state index in [2.05, 4.69) is 16.9 Å². The number of piperidine rings is 1. The van der Waals surface area contributed by atoms with Gasteiger partial charge in [-0.05, 0) is 24.8 Å². The molecule has 1 aromatic heterocycles. The van der Waals surface area contributed by atoms with Crippen molar-refractivity contribution in [3.8, 4) is 0 Å². The highest BCUT2D eigenvalue weighted by atomic mass is 16.2. The molecule has 0 saturated carbocycles. The first-order valence-corrected chi connectivity index (χ1v) is 9.69. The lowest BCUT2D eigenvalue weighted by atomic mass is 9.95. The maximum Gasteiger partial charge on any atom is 0.269 e. The summed E-state index contributed by atoms with van der Waals surface area (Å²) in [6, 6.07) is 11.5. The minimum atomic E-state index is -0.0998. The summed E-state index contributed by atoms with van der Waals surface area (Å²) in [5, 5.41) is 4.34. The van der Waals surface area contributed by atoms with Gasteiger partial charge >= 0.3 is 0 Å². The van der Waals surface area contributed by atoms with Gasteiger partial charge in [0, 0.05) is 38.7 Å². The molecule has 0 aliphatic carbocycles. The molecular weight excluding hydrogens is 340 g/mol. The fourth-order valence-electron chi connectivity index (χ4n) is 3.61. The Bertz CT molecular complexity index is 810. The first-order chi connectivity index (χ1) is 13.1. The van der Waals surface area contributed by atoms with Crippen LogP contribution in [0.4, 0.5) is 5.69 Å². The molecule has 1 saturated heterocycles. The number of benzene rings is 1. The number of aromatic nitrogens is 2. The van der Waals surface area contributed by atoms with Crippen molar-refractivity contribution in [3.63, 3.8) is 0 Å². The number of nitrogens with zero attached hydrogens (tertiary/aromatic N) is 4. The average molecular weight is 368 g/mol. The summed E-state index contributed by atoms with van der Waals surface area (Å²) in [6.45, 7) is 4.92. The van der Waals surface area contributed by atoms with Gasteiger partial charge in [-0.1, -0.05) is 37.3 Å². The standard InChI is InChI=1S/C21H28N4O2/c1-3-11-23(2)21(27)18-9-12-24(13-10-18)19-14-20(26)25(22-15-19)16-17-7-5-4-6-8-17/h4-8,14-15,18H,3,9-13,16H2,1-2H3. The molecule has 27 heavy (non-hydrogen) atoms. The molecule has 6 heteroatoms. The van der Waals surface area contributed by atoms with Gasteiger partial charge in [0.15, 0.2) is 0 Å². The number of anilines is 1. The third kappa shape index (κ3) is 4.76. The zero-order valence-electron chi connectivity index (χ0n) is 16.2. The number of amides is 1. The first-order valence-electron chi connectivity index (χ1n) is 9.69. The van der Waals surface area contributed by atoms with Crippen LogP contribution in [-0.4, -0.2) is 47.3 Å². The molecule has 1 amide bonds. The Balaban J connectivity index is 1.61. The molecule has 2 heterocycles. The molecule has 144 valence electrons. The molecule has 1 fully saturated rings. The van der Waals surface area contributed by atoms with Gasteiger partial charge in [0.05, 0.1) is 18.4 Å². The van der Waals surface area contributed by atoms with Crippen molar-refractivity contribution in [1.82, 2.24) is 14.7 Å². The number of carbonyl (C=O) groups excluding carboxylic acids is 1. The maximum absolute atomic E-state index is 12.4. The van der Waals surface area contributed by atoms with E-state index in [0.717, 1.165) is 50.1 Å². The molecule has 1 aliphatic rings. The van der Waals surface area contributed by atoms with Crippen molar-refractivity contribution >= 4 is 11.6 Å². The monoisotopic (exact) mass is 368 g/mol. The summed E-state index contributed by atoms with van der Waals surface area (Å²) in [5.41, 5.74) is 1.80. The lowest BCUT2D eigenvalue weighted by molar-refractivity contribution is -0.134. The first kappa shape index (κ1) is 19.1. The molecule has 1 aliphatic heterocycles. The van der Waals surface area contributed by atoms with Crippen LogP contribution in [0.15, 0.2) is 47.4 Å². The van der Waals surface area contributed by atoms with Crippen LogP contribution in [0, 0.1) is 5.92 Å². The molecule has 0 N–H and O–H groups in total. The van der Waals surface area contributed by atoms with Crippen molar-refractivity contribution in [3.05, 3.63) is 58.5 Å². The molecular formula is C21H28N4O2. The molecule has 3 rings (SSSR count). The van der Waals surface area contributed by atoms with E-state index in [-0.39, 0.29) is 17.4 Å². The Labute approximate surface area is 160 Å². The fraction of sp³-hybridized carbons (Fsp3) is 0.476. The Morgan fingerprint density at radius 3 is 2.56 bits per heavy atom. The zero-order valence-corrected chi connectivity index (χ0v) is 16.2. The Kier molecular flexibility index (Phi) is 6.27. The van der Waals surface area contributed by atoms with Crippen LogP contribution in [0.2, 0.25) is 0 Å². The van der Waals surface area contributed by atoms with E-state index in [9.17, 15) is 9.59 Å². The second kappa shape index (κ2) is 8.84. The van der Waals surface area contributed by atoms with Gasteiger partial charge in [0.2, 0.25) is 5.91 Å². The molecule has 0 spiro atoms. The number of hydrogen-bond acceptors (Lipinski definition) is 4. The third-order valence-electron chi connectivity index (χ3n) is 5.17. The number of rotatable bonds is 6. The second-order valence-corrected chi connectivity index (χ2v) is 7.22. The summed E-state index contributed by atoms with van der Waals surface area (Å²) < 4.78 is 1.48. The summed E-state index contributed by atoms with van der Waals surface area (Å²) in [4.78, 5) is 28.9. The van der Waals surface area contributed by atoms with Crippen LogP contribution in [0.3, 0.4) is 0 Å². The normalized spacial score (nSPS) is 15.0. The minimum absolute atomic E-state index is 0.0872. The topological polar surface area (TPSA) is 58.4 Å². The predicted octanol–water partition coefficient (Wildman–Crippen LogP) is 2.38. The number of carbonyl (C=O) groups is 1. The van der Waals surface area contributed by atoms with E-state index >= 15 is 0 Å². The van der Waals surface area contributed by atoms with E-state index in [1.54, 1.807) is 12.3 Å². The van der Waals surface area contributed by atoms with Crippen molar-refractivity contribution in [1.29, 1.82) is 0 Å². The van der Waals surface area contributed by atoms with Gasteiger partial charge < -0.3 is 9.80 Å². The van der Waals surface area contributed by atoms with Gasteiger partial charge in [0.25, 0.3) is 5.56 Å². The van der Waals surface area contributed by atoms with Gasteiger partial charge in [-0.2, -0.15) is 5.10 Å². The lowest BCUT2D eigenvalue weighted by Crippen LogP contribution is -2.42. The maximum atomic E-state index is 12.4. The third-order valence-corrected chi connectivity index (χ3v) is 5.17. The fourth-order valence-corrected chi connectivity index (χ4v) is 3.61.